The van der Waals surface area contributed by atoms with Crippen LogP contribution in [0.5, 0.6) is 0 Å². The van der Waals surface area contributed by atoms with E-state index in [0.717, 1.165) is 38.5 Å². The maximum Gasteiger partial charge on any atom is 0.221 e. The van der Waals surface area contributed by atoms with Crippen LogP contribution >= 0.6 is 0 Å². The summed E-state index contributed by atoms with van der Waals surface area (Å²) in [5.41, 5.74) is 5.66. The van der Waals surface area contributed by atoms with Crippen LogP contribution in [-0.4, -0.2) is 60.6 Å². The second-order valence-corrected chi connectivity index (χ2v) is 7.21. The van der Waals surface area contributed by atoms with Gasteiger partial charge in [0.25, 0.3) is 0 Å². The molecule has 1 saturated carbocycles. The van der Waals surface area contributed by atoms with Gasteiger partial charge in [-0.2, -0.15) is 0 Å². The zero-order valence-corrected chi connectivity index (χ0v) is 14.6. The van der Waals surface area contributed by atoms with Gasteiger partial charge in [0.15, 0.2) is 0 Å². The van der Waals surface area contributed by atoms with Gasteiger partial charge >= 0.3 is 0 Å². The fraction of sp³-hybridized carbons (Fsp3) is 0.667. The van der Waals surface area contributed by atoms with Crippen molar-refractivity contribution >= 4 is 11.7 Å². The number of hydrogen-bond acceptors (Lipinski definition) is 5. The maximum atomic E-state index is 12.3. The molecule has 1 unspecified atom stereocenters. The summed E-state index contributed by atoms with van der Waals surface area (Å²) in [4.78, 5) is 21.3. The zero-order chi connectivity index (χ0) is 17.0. The summed E-state index contributed by atoms with van der Waals surface area (Å²) in [7, 11) is 0. The number of carbonyl (C=O) groups is 1. The number of carbonyl (C=O) groups excluding carboxylic acids is 1. The van der Waals surface area contributed by atoms with Crippen LogP contribution in [0.25, 0.3) is 0 Å². The fourth-order valence-corrected chi connectivity index (χ4v) is 3.42. The first kappa shape index (κ1) is 17.2. The summed E-state index contributed by atoms with van der Waals surface area (Å²) in [6.45, 7) is 7.28. The first-order valence-corrected chi connectivity index (χ1v) is 9.00. The van der Waals surface area contributed by atoms with E-state index in [1.165, 1.54) is 12.8 Å². The van der Waals surface area contributed by atoms with Crippen molar-refractivity contribution in [3.63, 3.8) is 0 Å². The Morgan fingerprint density at radius 1 is 1.33 bits per heavy atom. The van der Waals surface area contributed by atoms with Gasteiger partial charge in [-0.1, -0.05) is 6.07 Å². The van der Waals surface area contributed by atoms with Crippen molar-refractivity contribution in [1.82, 2.24) is 15.2 Å². The molecule has 0 bridgehead atoms. The summed E-state index contributed by atoms with van der Waals surface area (Å²) in [5, 5.41) is 3.17. The van der Waals surface area contributed by atoms with Gasteiger partial charge in [0.05, 0.1) is 5.54 Å². The number of hydrogen-bond donors (Lipinski definition) is 2. The van der Waals surface area contributed by atoms with Crippen molar-refractivity contribution in [2.75, 3.05) is 44.2 Å². The Hall–Kier alpha value is -1.66. The van der Waals surface area contributed by atoms with E-state index in [9.17, 15) is 4.79 Å². The third-order valence-corrected chi connectivity index (χ3v) is 5.33. The largest absolute Gasteiger partial charge is 0.354 e. The molecular weight excluding hydrogens is 302 g/mol. The van der Waals surface area contributed by atoms with Crippen LogP contribution in [0.15, 0.2) is 24.4 Å². The van der Waals surface area contributed by atoms with Crippen LogP contribution in [0.1, 0.15) is 26.2 Å². The van der Waals surface area contributed by atoms with Crippen molar-refractivity contribution in [2.24, 2.45) is 11.7 Å². The van der Waals surface area contributed by atoms with Crippen LogP contribution in [0.4, 0.5) is 5.82 Å². The van der Waals surface area contributed by atoms with Crippen LogP contribution in [0.2, 0.25) is 0 Å². The Labute approximate surface area is 144 Å². The third-order valence-electron chi connectivity index (χ3n) is 5.33. The summed E-state index contributed by atoms with van der Waals surface area (Å²) in [6, 6.07) is 6.01. The number of nitrogens with two attached hydrogens (primary N) is 1. The quantitative estimate of drug-likeness (QED) is 0.774. The number of rotatable bonds is 7. The zero-order valence-electron chi connectivity index (χ0n) is 14.6. The highest BCUT2D eigenvalue weighted by Crippen LogP contribution is 2.38. The Morgan fingerprint density at radius 2 is 2.08 bits per heavy atom. The highest BCUT2D eigenvalue weighted by Gasteiger charge is 2.41. The Balaban J connectivity index is 1.39. The van der Waals surface area contributed by atoms with Gasteiger partial charge in [-0.25, -0.2) is 4.98 Å². The van der Waals surface area contributed by atoms with Crippen molar-refractivity contribution in [2.45, 2.75) is 31.7 Å². The molecule has 0 aromatic carbocycles. The summed E-state index contributed by atoms with van der Waals surface area (Å²) in [6.07, 6.45) is 4.75. The van der Waals surface area contributed by atoms with E-state index < -0.39 is 0 Å². The van der Waals surface area contributed by atoms with Crippen LogP contribution in [-0.2, 0) is 4.79 Å². The van der Waals surface area contributed by atoms with Crippen molar-refractivity contribution in [1.29, 1.82) is 0 Å². The minimum Gasteiger partial charge on any atom is -0.354 e. The first-order chi connectivity index (χ1) is 11.6. The maximum absolute atomic E-state index is 12.3. The minimum absolute atomic E-state index is 0.127. The number of pyridine rings is 1. The molecule has 6 heteroatoms. The molecule has 1 aliphatic carbocycles. The molecule has 3 rings (SSSR count). The second kappa shape index (κ2) is 7.49. The number of amides is 1. The molecule has 0 spiro atoms. The van der Waals surface area contributed by atoms with Crippen molar-refractivity contribution in [3.05, 3.63) is 24.4 Å². The van der Waals surface area contributed by atoms with Gasteiger partial charge in [0, 0.05) is 51.9 Å². The molecule has 1 aliphatic heterocycles. The van der Waals surface area contributed by atoms with Crippen LogP contribution in [0.3, 0.4) is 0 Å². The van der Waals surface area contributed by atoms with E-state index in [4.69, 9.17) is 5.73 Å². The van der Waals surface area contributed by atoms with Crippen LogP contribution < -0.4 is 16.0 Å². The molecular formula is C18H29N5O. The van der Waals surface area contributed by atoms with E-state index in [2.05, 4.69) is 33.1 Å². The molecule has 24 heavy (non-hydrogen) atoms. The van der Waals surface area contributed by atoms with E-state index >= 15 is 0 Å². The Kier molecular flexibility index (Phi) is 5.36. The molecule has 6 nitrogen and oxygen atoms in total. The van der Waals surface area contributed by atoms with E-state index in [1.54, 1.807) is 0 Å². The SMILES string of the molecule is CC(CN)(NC(=O)CCN1CCN(c2ccccn2)CC1)C1CC1. The van der Waals surface area contributed by atoms with Crippen LogP contribution in [0, 0.1) is 5.92 Å². The second-order valence-electron chi connectivity index (χ2n) is 7.21. The first-order valence-electron chi connectivity index (χ1n) is 9.00. The predicted octanol–water partition coefficient (Wildman–Crippen LogP) is 0.837. The number of anilines is 1. The monoisotopic (exact) mass is 331 g/mol. The van der Waals surface area contributed by atoms with Gasteiger partial charge in [0.1, 0.15) is 5.82 Å². The molecule has 2 aliphatic rings. The normalized spacial score (nSPS) is 21.3. The van der Waals surface area contributed by atoms with Gasteiger partial charge in [-0.05, 0) is 37.8 Å². The topological polar surface area (TPSA) is 74.5 Å². The average molecular weight is 331 g/mol. The summed E-state index contributed by atoms with van der Waals surface area (Å²) < 4.78 is 0. The van der Waals surface area contributed by atoms with Gasteiger partial charge in [0.2, 0.25) is 5.91 Å². The molecule has 3 N–H and O–H groups in total. The summed E-state index contributed by atoms with van der Waals surface area (Å²) in [5.74, 6) is 1.73. The number of nitrogens with zero attached hydrogens (tertiary/aromatic N) is 3. The number of piperazine rings is 1. The van der Waals surface area contributed by atoms with E-state index in [0.29, 0.717) is 18.9 Å². The highest BCUT2D eigenvalue weighted by molar-refractivity contribution is 5.77. The lowest BCUT2D eigenvalue weighted by molar-refractivity contribution is -0.123. The summed E-state index contributed by atoms with van der Waals surface area (Å²) >= 11 is 0. The predicted molar refractivity (Wildman–Crippen MR) is 95.8 cm³/mol. The molecule has 1 aromatic rings. The smallest absolute Gasteiger partial charge is 0.221 e. The van der Waals surface area contributed by atoms with Gasteiger partial charge in [-0.3, -0.25) is 9.69 Å². The van der Waals surface area contributed by atoms with Gasteiger partial charge in [-0.15, -0.1) is 0 Å². The number of aromatic nitrogens is 1. The molecule has 2 heterocycles. The molecule has 1 amide bonds. The lowest BCUT2D eigenvalue weighted by Gasteiger charge is -2.35. The lowest BCUT2D eigenvalue weighted by atomic mass is 9.96. The highest BCUT2D eigenvalue weighted by atomic mass is 16.1. The molecule has 1 atom stereocenters. The minimum atomic E-state index is -0.214. The average Bonchev–Trinajstić information content (AvgIpc) is 3.47. The van der Waals surface area contributed by atoms with E-state index in [-0.39, 0.29) is 11.4 Å². The molecule has 1 aromatic heterocycles. The lowest BCUT2D eigenvalue weighted by Crippen LogP contribution is -2.54. The van der Waals surface area contributed by atoms with Gasteiger partial charge < -0.3 is 16.0 Å². The van der Waals surface area contributed by atoms with Crippen molar-refractivity contribution in [3.8, 4) is 0 Å². The Morgan fingerprint density at radius 3 is 2.67 bits per heavy atom. The molecule has 132 valence electrons. The van der Waals surface area contributed by atoms with Crippen molar-refractivity contribution < 1.29 is 4.79 Å². The standard InChI is InChI=1S/C18H29N5O/c1-18(14-19,15-5-6-15)21-17(24)7-9-22-10-12-23(13-11-22)16-4-2-3-8-20-16/h2-4,8,15H,5-7,9-14,19H2,1H3,(H,21,24). The molecule has 0 radical (unpaired) electrons. The molecule has 2 fully saturated rings. The Bertz CT molecular complexity index is 540. The molecule has 1 saturated heterocycles. The third kappa shape index (κ3) is 4.24. The fourth-order valence-electron chi connectivity index (χ4n) is 3.42. The van der Waals surface area contributed by atoms with E-state index in [1.807, 2.05) is 18.3 Å². The number of nitrogens with one attached hydrogen (secondary N) is 1.